The molecule has 0 unspecified atom stereocenters. The predicted octanol–water partition coefficient (Wildman–Crippen LogP) is 2.08. The van der Waals surface area contributed by atoms with Crippen LogP contribution >= 0.6 is 0 Å². The van der Waals surface area contributed by atoms with Crippen LogP contribution in [0, 0.1) is 20.8 Å². The molecule has 10 heteroatoms. The molecule has 1 aromatic carbocycles. The lowest BCUT2D eigenvalue weighted by Gasteiger charge is -2.06. The lowest BCUT2D eigenvalue weighted by Crippen LogP contribution is -2.16. The maximum atomic E-state index is 12.6. The first-order valence-corrected chi connectivity index (χ1v) is 10.1. The van der Waals surface area contributed by atoms with Crippen molar-refractivity contribution in [3.8, 4) is 5.82 Å². The molecule has 0 atom stereocenters. The highest BCUT2D eigenvalue weighted by atomic mass is 32.2. The molecule has 152 valence electrons. The summed E-state index contributed by atoms with van der Waals surface area (Å²) in [6, 6.07) is 8.37. The molecule has 0 bridgehead atoms. The van der Waals surface area contributed by atoms with E-state index in [0.29, 0.717) is 22.8 Å². The number of aryl methyl sites for hydroxylation is 2. The van der Waals surface area contributed by atoms with E-state index in [1.807, 2.05) is 6.92 Å². The molecule has 0 aliphatic heterocycles. The van der Waals surface area contributed by atoms with Gasteiger partial charge in [-0.25, -0.2) is 18.4 Å². The van der Waals surface area contributed by atoms with Crippen molar-refractivity contribution in [3.63, 3.8) is 0 Å². The monoisotopic (exact) mass is 417 g/mol. The maximum Gasteiger partial charge on any atom is 0.338 e. The number of rotatable bonds is 6. The van der Waals surface area contributed by atoms with Crippen molar-refractivity contribution in [2.24, 2.45) is 5.14 Å². The van der Waals surface area contributed by atoms with E-state index >= 15 is 0 Å². The van der Waals surface area contributed by atoms with Crippen molar-refractivity contribution in [1.29, 1.82) is 0 Å². The Morgan fingerprint density at radius 1 is 1.14 bits per heavy atom. The molecule has 2 aromatic heterocycles. The number of hydrogen-bond acceptors (Lipinski definition) is 7. The van der Waals surface area contributed by atoms with E-state index in [9.17, 15) is 18.0 Å². The number of nitrogens with zero attached hydrogens (tertiary/aromatic N) is 2. The molecule has 0 fully saturated rings. The van der Waals surface area contributed by atoms with Gasteiger partial charge in [-0.05, 0) is 51.1 Å². The number of esters is 1. The van der Waals surface area contributed by atoms with Gasteiger partial charge in [0.15, 0.2) is 12.4 Å². The molecule has 0 spiro atoms. The molecule has 3 rings (SSSR count). The summed E-state index contributed by atoms with van der Waals surface area (Å²) >= 11 is 0. The highest BCUT2D eigenvalue weighted by Crippen LogP contribution is 2.21. The zero-order valence-corrected chi connectivity index (χ0v) is 16.8. The number of hydrogen-bond donors (Lipinski definition) is 1. The second-order valence-electron chi connectivity index (χ2n) is 6.48. The zero-order chi connectivity index (χ0) is 21.3. The molecule has 9 nitrogen and oxygen atoms in total. The van der Waals surface area contributed by atoms with Crippen LogP contribution in [-0.4, -0.2) is 36.5 Å². The lowest BCUT2D eigenvalue weighted by molar-refractivity contribution is 0.0474. The smallest absolute Gasteiger partial charge is 0.338 e. The van der Waals surface area contributed by atoms with Crippen molar-refractivity contribution in [1.82, 2.24) is 9.72 Å². The van der Waals surface area contributed by atoms with Crippen LogP contribution < -0.4 is 5.14 Å². The summed E-state index contributed by atoms with van der Waals surface area (Å²) in [4.78, 5) is 24.6. The van der Waals surface area contributed by atoms with E-state index in [0.717, 1.165) is 5.69 Å². The lowest BCUT2D eigenvalue weighted by atomic mass is 10.1. The van der Waals surface area contributed by atoms with Gasteiger partial charge in [-0.1, -0.05) is 5.16 Å². The first kappa shape index (κ1) is 20.5. The first-order chi connectivity index (χ1) is 13.6. The van der Waals surface area contributed by atoms with Crippen LogP contribution in [0.25, 0.3) is 5.82 Å². The van der Waals surface area contributed by atoms with Crippen LogP contribution in [0.2, 0.25) is 0 Å². The van der Waals surface area contributed by atoms with Gasteiger partial charge in [0.2, 0.25) is 15.8 Å². The third-order valence-electron chi connectivity index (χ3n) is 4.33. The summed E-state index contributed by atoms with van der Waals surface area (Å²) in [6.45, 7) is 4.90. The number of aromatic nitrogens is 2. The number of carbonyl (C=O) groups excluding carboxylic acids is 2. The van der Waals surface area contributed by atoms with Crippen molar-refractivity contribution in [2.45, 2.75) is 25.7 Å². The standard InChI is InChI=1S/C19H19N3O6S/c1-11-8-16(13(3)22(11)18-9-12(2)28-21-18)17(23)10-27-19(24)14-4-6-15(7-5-14)29(20,25)26/h4-9H,10H2,1-3H3,(H2,20,25,26). The summed E-state index contributed by atoms with van der Waals surface area (Å²) < 4.78 is 34.4. The summed E-state index contributed by atoms with van der Waals surface area (Å²) in [5.41, 5.74) is 1.94. The molecule has 0 aliphatic rings. The zero-order valence-electron chi connectivity index (χ0n) is 16.0. The van der Waals surface area contributed by atoms with E-state index in [2.05, 4.69) is 5.16 Å². The molecular formula is C19H19N3O6S. The molecule has 0 aliphatic carbocycles. The summed E-state index contributed by atoms with van der Waals surface area (Å²) in [7, 11) is -3.86. The SMILES string of the molecule is Cc1cc(-n2c(C)cc(C(=O)COC(=O)c3ccc(S(N)(=O)=O)cc3)c2C)no1. The van der Waals surface area contributed by atoms with E-state index in [1.54, 1.807) is 30.5 Å². The second kappa shape index (κ2) is 7.64. The number of primary sulfonamides is 1. The molecule has 29 heavy (non-hydrogen) atoms. The van der Waals surface area contributed by atoms with Gasteiger partial charge in [-0.2, -0.15) is 0 Å². The summed E-state index contributed by atoms with van der Waals surface area (Å²) in [5.74, 6) is 0.0746. The Morgan fingerprint density at radius 3 is 2.34 bits per heavy atom. The Balaban J connectivity index is 1.72. The maximum absolute atomic E-state index is 12.6. The van der Waals surface area contributed by atoms with Gasteiger partial charge in [0.25, 0.3) is 0 Å². The number of benzene rings is 1. The average molecular weight is 417 g/mol. The molecule has 2 heterocycles. The van der Waals surface area contributed by atoms with Gasteiger partial charge in [-0.15, -0.1) is 0 Å². The van der Waals surface area contributed by atoms with Crippen LogP contribution in [0.3, 0.4) is 0 Å². The summed E-state index contributed by atoms with van der Waals surface area (Å²) in [5, 5.41) is 8.97. The van der Waals surface area contributed by atoms with E-state index in [-0.39, 0.29) is 16.2 Å². The van der Waals surface area contributed by atoms with Crippen molar-refractivity contribution in [3.05, 3.63) is 64.7 Å². The topological polar surface area (TPSA) is 134 Å². The van der Waals surface area contributed by atoms with Crippen molar-refractivity contribution in [2.75, 3.05) is 6.61 Å². The molecule has 0 amide bonds. The number of nitrogens with two attached hydrogens (primary N) is 1. The van der Waals surface area contributed by atoms with Crippen LogP contribution in [-0.2, 0) is 14.8 Å². The minimum absolute atomic E-state index is 0.105. The average Bonchev–Trinajstić information content (AvgIpc) is 3.21. The fraction of sp³-hybridized carbons (Fsp3) is 0.211. The van der Waals surface area contributed by atoms with Gasteiger partial charge in [0.05, 0.1) is 10.5 Å². The largest absolute Gasteiger partial charge is 0.454 e. The van der Waals surface area contributed by atoms with Gasteiger partial charge < -0.3 is 9.26 Å². The Morgan fingerprint density at radius 2 is 1.79 bits per heavy atom. The number of sulfonamides is 1. The number of ketones is 1. The van der Waals surface area contributed by atoms with E-state index in [4.69, 9.17) is 14.4 Å². The first-order valence-electron chi connectivity index (χ1n) is 8.53. The Hall–Kier alpha value is -3.24. The number of Topliss-reactive ketones (excluding diaryl/α,β-unsaturated/α-hetero) is 1. The highest BCUT2D eigenvalue weighted by Gasteiger charge is 2.20. The quantitative estimate of drug-likeness (QED) is 0.479. The fourth-order valence-corrected chi connectivity index (χ4v) is 3.44. The molecule has 0 radical (unpaired) electrons. The van der Waals surface area contributed by atoms with Crippen molar-refractivity contribution < 1.29 is 27.3 Å². The van der Waals surface area contributed by atoms with Gasteiger partial charge >= 0.3 is 5.97 Å². The Kier molecular flexibility index (Phi) is 5.40. The third-order valence-corrected chi connectivity index (χ3v) is 5.26. The number of ether oxygens (including phenoxy) is 1. The number of carbonyl (C=O) groups is 2. The molecular weight excluding hydrogens is 398 g/mol. The van der Waals surface area contributed by atoms with Gasteiger partial charge in [-0.3, -0.25) is 9.36 Å². The van der Waals surface area contributed by atoms with Crippen LogP contribution in [0.1, 0.15) is 37.9 Å². The van der Waals surface area contributed by atoms with Gasteiger partial charge in [0.1, 0.15) is 5.76 Å². The van der Waals surface area contributed by atoms with Gasteiger partial charge in [0, 0.05) is 23.0 Å². The van der Waals surface area contributed by atoms with Crippen molar-refractivity contribution >= 4 is 21.8 Å². The highest BCUT2D eigenvalue weighted by molar-refractivity contribution is 7.89. The fourth-order valence-electron chi connectivity index (χ4n) is 2.93. The summed E-state index contributed by atoms with van der Waals surface area (Å²) in [6.07, 6.45) is 0. The molecule has 2 N–H and O–H groups in total. The van der Waals surface area contributed by atoms with E-state index < -0.39 is 22.6 Å². The molecule has 0 saturated heterocycles. The Bertz CT molecular complexity index is 1190. The minimum Gasteiger partial charge on any atom is -0.454 e. The van der Waals surface area contributed by atoms with Crippen LogP contribution in [0.15, 0.2) is 45.8 Å². The third kappa shape index (κ3) is 4.28. The Labute approximate surface area is 167 Å². The van der Waals surface area contributed by atoms with E-state index in [1.165, 1.54) is 24.3 Å². The van der Waals surface area contributed by atoms with Crippen LogP contribution in [0.4, 0.5) is 0 Å². The van der Waals surface area contributed by atoms with Crippen LogP contribution in [0.5, 0.6) is 0 Å². The molecule has 0 saturated carbocycles. The second-order valence-corrected chi connectivity index (χ2v) is 8.05. The minimum atomic E-state index is -3.86. The molecule has 3 aromatic rings. The normalized spacial score (nSPS) is 11.4. The predicted molar refractivity (Wildman–Crippen MR) is 102 cm³/mol.